The van der Waals surface area contributed by atoms with E-state index in [1.165, 1.54) is 30.3 Å². The number of rotatable bonds is 2. The van der Waals surface area contributed by atoms with Crippen molar-refractivity contribution in [3.05, 3.63) is 57.8 Å². The van der Waals surface area contributed by atoms with Gasteiger partial charge < -0.3 is 11.1 Å². The Hall–Kier alpha value is -1.78. The molecule has 0 saturated carbocycles. The van der Waals surface area contributed by atoms with Crippen LogP contribution in [0.25, 0.3) is 0 Å². The normalized spacial score (nSPS) is 10.3. The highest BCUT2D eigenvalue weighted by Crippen LogP contribution is 2.22. The third kappa shape index (κ3) is 3.16. The van der Waals surface area contributed by atoms with E-state index >= 15 is 0 Å². The minimum absolute atomic E-state index is 0.0727. The summed E-state index contributed by atoms with van der Waals surface area (Å²) < 4.78 is 13.0. The van der Waals surface area contributed by atoms with Crippen LogP contribution in [0.2, 0.25) is 10.0 Å². The van der Waals surface area contributed by atoms with Crippen molar-refractivity contribution in [1.29, 1.82) is 0 Å². The molecule has 1 amide bonds. The number of carbonyl (C=O) groups is 1. The molecule has 2 aromatic carbocycles. The van der Waals surface area contributed by atoms with Gasteiger partial charge in [0.25, 0.3) is 5.91 Å². The summed E-state index contributed by atoms with van der Waals surface area (Å²) in [5.41, 5.74) is 6.62. The van der Waals surface area contributed by atoms with E-state index < -0.39 is 11.7 Å². The molecule has 0 aliphatic carbocycles. The third-order valence-corrected chi connectivity index (χ3v) is 3.03. The first-order chi connectivity index (χ1) is 8.97. The second-order valence-corrected chi connectivity index (χ2v) is 4.64. The predicted molar refractivity (Wildman–Crippen MR) is 75.2 cm³/mol. The molecule has 0 aliphatic rings. The Morgan fingerprint density at radius 2 is 1.84 bits per heavy atom. The molecule has 19 heavy (non-hydrogen) atoms. The van der Waals surface area contributed by atoms with Crippen LogP contribution in [0.15, 0.2) is 36.4 Å². The molecule has 0 spiro atoms. The highest BCUT2D eigenvalue weighted by atomic mass is 35.5. The van der Waals surface area contributed by atoms with Crippen molar-refractivity contribution in [2.45, 2.75) is 0 Å². The minimum atomic E-state index is -0.554. The quantitative estimate of drug-likeness (QED) is 0.824. The van der Waals surface area contributed by atoms with Crippen LogP contribution in [-0.2, 0) is 0 Å². The molecule has 3 N–H and O–H groups in total. The van der Waals surface area contributed by atoms with E-state index in [4.69, 9.17) is 28.9 Å². The Bertz CT molecular complexity index is 647. The van der Waals surface area contributed by atoms with Crippen LogP contribution in [0.5, 0.6) is 0 Å². The number of amides is 1. The SMILES string of the molecule is Nc1ccc(Cl)c(C(=O)Nc2ccc(F)c(Cl)c2)c1. The lowest BCUT2D eigenvalue weighted by Gasteiger charge is -2.08. The zero-order chi connectivity index (χ0) is 14.0. The summed E-state index contributed by atoms with van der Waals surface area (Å²) in [6.07, 6.45) is 0. The Kier molecular flexibility index (Phi) is 3.93. The summed E-state index contributed by atoms with van der Waals surface area (Å²) in [5.74, 6) is -0.998. The van der Waals surface area contributed by atoms with E-state index in [-0.39, 0.29) is 15.6 Å². The van der Waals surface area contributed by atoms with Gasteiger partial charge in [0, 0.05) is 11.4 Å². The molecule has 98 valence electrons. The molecule has 0 radical (unpaired) electrons. The summed E-state index contributed by atoms with van der Waals surface area (Å²) >= 11 is 11.5. The van der Waals surface area contributed by atoms with Crippen molar-refractivity contribution in [2.75, 3.05) is 11.1 Å². The van der Waals surface area contributed by atoms with Crippen LogP contribution >= 0.6 is 23.2 Å². The highest BCUT2D eigenvalue weighted by Gasteiger charge is 2.11. The molecule has 6 heteroatoms. The van der Waals surface area contributed by atoms with Crippen LogP contribution in [0.3, 0.4) is 0 Å². The Balaban J connectivity index is 2.25. The number of carbonyl (C=O) groups excluding carboxylic acids is 1. The van der Waals surface area contributed by atoms with E-state index in [0.29, 0.717) is 11.4 Å². The molecular weight excluding hydrogens is 290 g/mol. The average molecular weight is 299 g/mol. The first-order valence-electron chi connectivity index (χ1n) is 5.29. The van der Waals surface area contributed by atoms with E-state index in [1.54, 1.807) is 6.07 Å². The van der Waals surface area contributed by atoms with Gasteiger partial charge >= 0.3 is 0 Å². The van der Waals surface area contributed by atoms with Crippen molar-refractivity contribution in [1.82, 2.24) is 0 Å². The maximum absolute atomic E-state index is 13.0. The molecule has 0 unspecified atom stereocenters. The molecule has 0 atom stereocenters. The van der Waals surface area contributed by atoms with Gasteiger partial charge in [0.05, 0.1) is 15.6 Å². The zero-order valence-electron chi connectivity index (χ0n) is 9.58. The van der Waals surface area contributed by atoms with Crippen molar-refractivity contribution in [3.63, 3.8) is 0 Å². The average Bonchev–Trinajstić information content (AvgIpc) is 2.36. The molecule has 0 saturated heterocycles. The van der Waals surface area contributed by atoms with E-state index in [0.717, 1.165) is 0 Å². The number of nitrogens with one attached hydrogen (secondary N) is 1. The monoisotopic (exact) mass is 298 g/mol. The molecule has 0 heterocycles. The number of halogens is 3. The first-order valence-corrected chi connectivity index (χ1v) is 6.04. The second-order valence-electron chi connectivity index (χ2n) is 3.82. The fraction of sp³-hybridized carbons (Fsp3) is 0. The minimum Gasteiger partial charge on any atom is -0.399 e. The number of hydrogen-bond donors (Lipinski definition) is 2. The van der Waals surface area contributed by atoms with E-state index in [9.17, 15) is 9.18 Å². The van der Waals surface area contributed by atoms with Gasteiger partial charge in [0.2, 0.25) is 0 Å². The lowest BCUT2D eigenvalue weighted by Crippen LogP contribution is -2.13. The standard InChI is InChI=1S/C13H9Cl2FN2O/c14-10-3-1-7(17)5-9(10)13(19)18-8-2-4-12(16)11(15)6-8/h1-6H,17H2,(H,18,19). The molecule has 0 bridgehead atoms. The van der Waals surface area contributed by atoms with Crippen molar-refractivity contribution in [2.24, 2.45) is 0 Å². The summed E-state index contributed by atoms with van der Waals surface area (Å²) in [5, 5.41) is 2.77. The Morgan fingerprint density at radius 1 is 1.11 bits per heavy atom. The number of anilines is 2. The lowest BCUT2D eigenvalue weighted by molar-refractivity contribution is 0.102. The van der Waals surface area contributed by atoms with Crippen molar-refractivity contribution >= 4 is 40.5 Å². The van der Waals surface area contributed by atoms with Crippen LogP contribution in [0.4, 0.5) is 15.8 Å². The Morgan fingerprint density at radius 3 is 2.53 bits per heavy atom. The lowest BCUT2D eigenvalue weighted by atomic mass is 10.2. The molecule has 2 aromatic rings. The smallest absolute Gasteiger partial charge is 0.257 e. The number of hydrogen-bond acceptors (Lipinski definition) is 2. The van der Waals surface area contributed by atoms with Crippen molar-refractivity contribution < 1.29 is 9.18 Å². The van der Waals surface area contributed by atoms with Crippen molar-refractivity contribution in [3.8, 4) is 0 Å². The third-order valence-electron chi connectivity index (χ3n) is 2.41. The summed E-state index contributed by atoms with van der Waals surface area (Å²) in [6, 6.07) is 8.47. The Labute approximate surface area is 119 Å². The first kappa shape index (κ1) is 13.6. The van der Waals surface area contributed by atoms with Crippen LogP contribution in [-0.4, -0.2) is 5.91 Å². The van der Waals surface area contributed by atoms with Gasteiger partial charge in [-0.1, -0.05) is 23.2 Å². The number of benzene rings is 2. The maximum atomic E-state index is 13.0. The van der Waals surface area contributed by atoms with Gasteiger partial charge in [-0.2, -0.15) is 0 Å². The summed E-state index contributed by atoms with van der Waals surface area (Å²) in [6.45, 7) is 0. The maximum Gasteiger partial charge on any atom is 0.257 e. The predicted octanol–water partition coefficient (Wildman–Crippen LogP) is 3.97. The second kappa shape index (κ2) is 5.47. The highest BCUT2D eigenvalue weighted by molar-refractivity contribution is 6.34. The van der Waals surface area contributed by atoms with E-state index in [1.807, 2.05) is 0 Å². The van der Waals surface area contributed by atoms with E-state index in [2.05, 4.69) is 5.32 Å². The molecule has 0 aromatic heterocycles. The zero-order valence-corrected chi connectivity index (χ0v) is 11.1. The molecule has 3 nitrogen and oxygen atoms in total. The van der Waals surface area contributed by atoms with Gasteiger partial charge in [-0.3, -0.25) is 4.79 Å². The van der Waals surface area contributed by atoms with Gasteiger partial charge in [-0.15, -0.1) is 0 Å². The topological polar surface area (TPSA) is 55.1 Å². The molecule has 0 aliphatic heterocycles. The molecular formula is C13H9Cl2FN2O. The van der Waals surface area contributed by atoms with Gasteiger partial charge in [-0.25, -0.2) is 4.39 Å². The van der Waals surface area contributed by atoms with Crippen LogP contribution in [0.1, 0.15) is 10.4 Å². The van der Waals surface area contributed by atoms with Gasteiger partial charge in [-0.05, 0) is 36.4 Å². The fourth-order valence-corrected chi connectivity index (χ4v) is 1.87. The van der Waals surface area contributed by atoms with Crippen LogP contribution in [0, 0.1) is 5.82 Å². The summed E-state index contributed by atoms with van der Waals surface area (Å²) in [4.78, 5) is 12.0. The van der Waals surface area contributed by atoms with Gasteiger partial charge in [0.1, 0.15) is 5.82 Å². The van der Waals surface area contributed by atoms with Crippen LogP contribution < -0.4 is 11.1 Å². The fourth-order valence-electron chi connectivity index (χ4n) is 1.49. The molecule has 0 fully saturated rings. The van der Waals surface area contributed by atoms with Gasteiger partial charge in [0.15, 0.2) is 0 Å². The molecule has 2 rings (SSSR count). The summed E-state index contributed by atoms with van der Waals surface area (Å²) in [7, 11) is 0. The number of nitrogen functional groups attached to an aromatic ring is 1. The largest absolute Gasteiger partial charge is 0.399 e. The number of nitrogens with two attached hydrogens (primary N) is 1.